The van der Waals surface area contributed by atoms with Gasteiger partial charge in [-0.1, -0.05) is 48.0 Å². The van der Waals surface area contributed by atoms with Crippen LogP contribution in [-0.2, 0) is 9.59 Å². The summed E-state index contributed by atoms with van der Waals surface area (Å²) in [6.07, 6.45) is 5.36. The maximum absolute atomic E-state index is 13.7. The van der Waals surface area contributed by atoms with Gasteiger partial charge >= 0.3 is 0 Å². The predicted octanol–water partition coefficient (Wildman–Crippen LogP) is 3.86. The number of fused-ring (bicyclic) bond motifs is 5. The highest BCUT2D eigenvalue weighted by atomic mass is 16.3. The Hall–Kier alpha value is -3.93. The Labute approximate surface area is 184 Å². The first-order chi connectivity index (χ1) is 15.6. The number of nitrogens with zero attached hydrogens (tertiary/aromatic N) is 2. The molecule has 6 heteroatoms. The van der Waals surface area contributed by atoms with Crippen LogP contribution in [0.1, 0.15) is 21.7 Å². The number of aryl methyl sites for hydroxylation is 1. The Bertz CT molecular complexity index is 1280. The van der Waals surface area contributed by atoms with E-state index in [4.69, 9.17) is 4.42 Å². The van der Waals surface area contributed by atoms with E-state index in [1.54, 1.807) is 24.3 Å². The Morgan fingerprint density at radius 3 is 2.41 bits per heavy atom. The molecule has 2 amide bonds. The highest BCUT2D eigenvalue weighted by Gasteiger charge is 2.64. The summed E-state index contributed by atoms with van der Waals surface area (Å²) < 4.78 is 5.41. The van der Waals surface area contributed by atoms with Crippen molar-refractivity contribution in [3.63, 3.8) is 0 Å². The molecule has 0 saturated carbocycles. The number of Topliss-reactive ketones (excluding diaryl/α,β-unsaturated/α-hetero) is 1. The van der Waals surface area contributed by atoms with Crippen LogP contribution < -0.4 is 9.80 Å². The van der Waals surface area contributed by atoms with Crippen LogP contribution >= 0.6 is 0 Å². The number of carbonyl (C=O) groups is 3. The van der Waals surface area contributed by atoms with Crippen LogP contribution in [0.2, 0.25) is 0 Å². The molecule has 158 valence electrons. The van der Waals surface area contributed by atoms with E-state index < -0.39 is 17.9 Å². The molecule has 2 saturated heterocycles. The lowest BCUT2D eigenvalue weighted by atomic mass is 9.87. The molecule has 0 aliphatic carbocycles. The zero-order valence-electron chi connectivity index (χ0n) is 17.3. The van der Waals surface area contributed by atoms with Gasteiger partial charge in [-0.3, -0.25) is 14.4 Å². The number of imide groups is 1. The Morgan fingerprint density at radius 2 is 1.66 bits per heavy atom. The molecule has 0 spiro atoms. The summed E-state index contributed by atoms with van der Waals surface area (Å²) in [7, 11) is 0. The molecular weight excluding hydrogens is 404 g/mol. The van der Waals surface area contributed by atoms with Crippen molar-refractivity contribution >= 4 is 35.0 Å². The number of carbonyl (C=O) groups excluding carboxylic acids is 3. The molecule has 6 nitrogen and oxygen atoms in total. The van der Waals surface area contributed by atoms with E-state index in [0.29, 0.717) is 5.69 Å². The van der Waals surface area contributed by atoms with Crippen molar-refractivity contribution in [3.8, 4) is 0 Å². The highest BCUT2D eigenvalue weighted by Crippen LogP contribution is 2.49. The van der Waals surface area contributed by atoms with Crippen LogP contribution in [0, 0.1) is 18.8 Å². The van der Waals surface area contributed by atoms with Gasteiger partial charge in [0.25, 0.3) is 0 Å². The predicted molar refractivity (Wildman–Crippen MR) is 119 cm³/mol. The maximum atomic E-state index is 13.7. The third kappa shape index (κ3) is 2.49. The van der Waals surface area contributed by atoms with Gasteiger partial charge in [0.2, 0.25) is 17.6 Å². The second-order valence-corrected chi connectivity index (χ2v) is 8.50. The fourth-order valence-electron chi connectivity index (χ4n) is 5.33. The van der Waals surface area contributed by atoms with Crippen LogP contribution in [0.25, 0.3) is 6.08 Å². The zero-order valence-corrected chi connectivity index (χ0v) is 17.3. The molecule has 6 rings (SSSR count). The first-order valence-corrected chi connectivity index (χ1v) is 10.6. The van der Waals surface area contributed by atoms with Gasteiger partial charge in [0, 0.05) is 5.69 Å². The monoisotopic (exact) mass is 424 g/mol. The van der Waals surface area contributed by atoms with E-state index in [-0.39, 0.29) is 29.4 Å². The quantitative estimate of drug-likeness (QED) is 0.472. The number of benzene rings is 2. The normalized spacial score (nSPS) is 25.7. The molecule has 1 aromatic heterocycles. The van der Waals surface area contributed by atoms with E-state index in [0.717, 1.165) is 16.8 Å². The minimum atomic E-state index is -0.825. The minimum Gasteiger partial charge on any atom is -0.461 e. The lowest BCUT2D eigenvalue weighted by Crippen LogP contribution is -2.48. The van der Waals surface area contributed by atoms with Crippen LogP contribution in [0.4, 0.5) is 11.4 Å². The number of ketones is 1. The molecule has 0 unspecified atom stereocenters. The largest absolute Gasteiger partial charge is 0.461 e. The SMILES string of the molecule is Cc1ccc(N2C(=O)[C@@H]3[C@H](C2=O)[C@@H]2C=Cc4ccccc4N2[C@@H]3C(=O)c2ccco2)cc1. The third-order valence-electron chi connectivity index (χ3n) is 6.74. The standard InChI is InChI=1S/C26H20N2O4/c1-15-8-11-17(12-9-15)27-25(30)21-19-13-10-16-5-2-3-6-18(16)28(19)23(22(21)26(27)31)24(29)20-7-4-14-32-20/h2-14,19,21-23H,1H3/t19-,21+,22+,23-/m0/s1. The second kappa shape index (κ2) is 6.79. The Morgan fingerprint density at radius 1 is 0.906 bits per heavy atom. The molecule has 4 atom stereocenters. The van der Waals surface area contributed by atoms with E-state index in [1.807, 2.05) is 60.4 Å². The molecule has 32 heavy (non-hydrogen) atoms. The van der Waals surface area contributed by atoms with Crippen LogP contribution in [0.3, 0.4) is 0 Å². The summed E-state index contributed by atoms with van der Waals surface area (Å²) in [4.78, 5) is 44.1. The lowest BCUT2D eigenvalue weighted by Gasteiger charge is -2.36. The summed E-state index contributed by atoms with van der Waals surface area (Å²) in [6.45, 7) is 1.95. The number of furan rings is 1. The molecular formula is C26H20N2O4. The van der Waals surface area contributed by atoms with Gasteiger partial charge in [0.1, 0.15) is 6.04 Å². The summed E-state index contributed by atoms with van der Waals surface area (Å²) in [5.74, 6) is -2.13. The average molecular weight is 424 g/mol. The Kier molecular flexibility index (Phi) is 3.99. The average Bonchev–Trinajstić information content (AvgIpc) is 3.51. The van der Waals surface area contributed by atoms with Gasteiger partial charge in [-0.15, -0.1) is 0 Å². The van der Waals surface area contributed by atoms with Crippen LogP contribution in [-0.4, -0.2) is 29.7 Å². The van der Waals surface area contributed by atoms with Gasteiger partial charge in [-0.25, -0.2) is 4.90 Å². The zero-order chi connectivity index (χ0) is 22.0. The number of para-hydroxylation sites is 1. The number of hydrogen-bond donors (Lipinski definition) is 0. The second-order valence-electron chi connectivity index (χ2n) is 8.50. The van der Waals surface area contributed by atoms with Crippen LogP contribution in [0.15, 0.2) is 77.4 Å². The van der Waals surface area contributed by atoms with Crippen molar-refractivity contribution in [1.82, 2.24) is 0 Å². The van der Waals surface area contributed by atoms with Crippen molar-refractivity contribution in [1.29, 1.82) is 0 Å². The molecule has 0 radical (unpaired) electrons. The van der Waals surface area contributed by atoms with Gasteiger partial charge in [0.05, 0.1) is 29.8 Å². The molecule has 3 aromatic rings. The van der Waals surface area contributed by atoms with Gasteiger partial charge < -0.3 is 9.32 Å². The molecule has 3 aliphatic heterocycles. The van der Waals surface area contributed by atoms with Gasteiger partial charge in [0.15, 0.2) is 5.76 Å². The smallest absolute Gasteiger partial charge is 0.240 e. The third-order valence-corrected chi connectivity index (χ3v) is 6.74. The van der Waals surface area contributed by atoms with E-state index >= 15 is 0 Å². The number of hydrogen-bond acceptors (Lipinski definition) is 5. The van der Waals surface area contributed by atoms with Crippen molar-refractivity contribution in [3.05, 3.63) is 89.9 Å². The Balaban J connectivity index is 1.50. The van der Waals surface area contributed by atoms with E-state index in [9.17, 15) is 14.4 Å². The van der Waals surface area contributed by atoms with E-state index in [1.165, 1.54) is 11.2 Å². The topological polar surface area (TPSA) is 70.8 Å². The summed E-state index contributed by atoms with van der Waals surface area (Å²) in [5, 5.41) is 0. The molecule has 4 heterocycles. The summed E-state index contributed by atoms with van der Waals surface area (Å²) in [6, 6.07) is 17.1. The van der Waals surface area contributed by atoms with Crippen molar-refractivity contribution in [2.75, 3.05) is 9.80 Å². The first kappa shape index (κ1) is 18.8. The fourth-order valence-corrected chi connectivity index (χ4v) is 5.33. The molecule has 0 bridgehead atoms. The molecule has 2 fully saturated rings. The van der Waals surface area contributed by atoms with Crippen molar-refractivity contribution < 1.29 is 18.8 Å². The first-order valence-electron chi connectivity index (χ1n) is 10.6. The van der Waals surface area contributed by atoms with E-state index in [2.05, 4.69) is 0 Å². The lowest BCUT2D eigenvalue weighted by molar-refractivity contribution is -0.122. The molecule has 2 aromatic carbocycles. The van der Waals surface area contributed by atoms with Crippen molar-refractivity contribution in [2.24, 2.45) is 11.8 Å². The fraction of sp³-hybridized carbons (Fsp3) is 0.192. The van der Waals surface area contributed by atoms with Gasteiger partial charge in [-0.05, 0) is 42.8 Å². The molecule has 3 aliphatic rings. The number of rotatable bonds is 3. The maximum Gasteiger partial charge on any atom is 0.240 e. The van der Waals surface area contributed by atoms with Crippen LogP contribution in [0.5, 0.6) is 0 Å². The summed E-state index contributed by atoms with van der Waals surface area (Å²) in [5.41, 5.74) is 3.38. The summed E-state index contributed by atoms with van der Waals surface area (Å²) >= 11 is 0. The van der Waals surface area contributed by atoms with Gasteiger partial charge in [-0.2, -0.15) is 0 Å². The highest BCUT2D eigenvalue weighted by molar-refractivity contribution is 6.25. The number of anilines is 2. The number of amides is 2. The van der Waals surface area contributed by atoms with Crippen molar-refractivity contribution in [2.45, 2.75) is 19.0 Å². The minimum absolute atomic E-state index is 0.190. The molecule has 0 N–H and O–H groups in total.